The molecule has 0 amide bonds. The molecule has 1 aliphatic rings. The van der Waals surface area contributed by atoms with Gasteiger partial charge in [-0.25, -0.2) is 0 Å². The quantitative estimate of drug-likeness (QED) is 0.839. The lowest BCUT2D eigenvalue weighted by Gasteiger charge is -2.14. The van der Waals surface area contributed by atoms with E-state index >= 15 is 0 Å². The first-order valence-electron chi connectivity index (χ1n) is 6.19. The molecule has 2 rings (SSSR count). The molecule has 1 heterocycles. The van der Waals surface area contributed by atoms with Gasteiger partial charge in [-0.1, -0.05) is 31.2 Å². The summed E-state index contributed by atoms with van der Waals surface area (Å²) in [5.41, 5.74) is 2.47. The standard InChI is InChI=1S/C14H19NO2/c1-10(7-14(16)17)11-3-2-4-12(8-11)13-5-6-15-9-13/h2-4,8,10,13,15H,5-7,9H2,1H3,(H,16,17). The van der Waals surface area contributed by atoms with Crippen LogP contribution in [0.15, 0.2) is 24.3 Å². The summed E-state index contributed by atoms with van der Waals surface area (Å²) in [6, 6.07) is 8.39. The molecule has 1 fully saturated rings. The summed E-state index contributed by atoms with van der Waals surface area (Å²) < 4.78 is 0. The van der Waals surface area contributed by atoms with E-state index in [0.717, 1.165) is 18.7 Å². The first kappa shape index (κ1) is 12.1. The van der Waals surface area contributed by atoms with Crippen molar-refractivity contribution in [3.63, 3.8) is 0 Å². The van der Waals surface area contributed by atoms with E-state index in [0.29, 0.717) is 5.92 Å². The molecule has 1 aromatic carbocycles. The van der Waals surface area contributed by atoms with Crippen LogP contribution < -0.4 is 5.32 Å². The molecule has 1 aromatic rings. The first-order chi connectivity index (χ1) is 8.16. The molecule has 1 aliphatic heterocycles. The Balaban J connectivity index is 2.12. The Morgan fingerprint density at radius 2 is 2.41 bits per heavy atom. The van der Waals surface area contributed by atoms with E-state index in [4.69, 9.17) is 5.11 Å². The van der Waals surface area contributed by atoms with Gasteiger partial charge in [-0.05, 0) is 35.9 Å². The maximum absolute atomic E-state index is 10.7. The Kier molecular flexibility index (Phi) is 3.79. The lowest BCUT2D eigenvalue weighted by molar-refractivity contribution is -0.137. The number of aliphatic carboxylic acids is 1. The first-order valence-corrected chi connectivity index (χ1v) is 6.19. The zero-order valence-electron chi connectivity index (χ0n) is 10.1. The minimum absolute atomic E-state index is 0.0850. The molecule has 3 nitrogen and oxygen atoms in total. The van der Waals surface area contributed by atoms with Crippen LogP contribution in [0.3, 0.4) is 0 Å². The van der Waals surface area contributed by atoms with Crippen molar-refractivity contribution in [1.82, 2.24) is 5.32 Å². The summed E-state index contributed by atoms with van der Waals surface area (Å²) in [4.78, 5) is 10.7. The fourth-order valence-electron chi connectivity index (χ4n) is 2.44. The predicted molar refractivity (Wildman–Crippen MR) is 67.3 cm³/mol. The number of carboxylic acids is 1. The Hall–Kier alpha value is -1.35. The van der Waals surface area contributed by atoms with Crippen molar-refractivity contribution in [3.8, 4) is 0 Å². The van der Waals surface area contributed by atoms with Gasteiger partial charge in [-0.15, -0.1) is 0 Å². The minimum atomic E-state index is -0.731. The normalized spacial score (nSPS) is 21.4. The number of rotatable bonds is 4. The van der Waals surface area contributed by atoms with Crippen LogP contribution in [-0.2, 0) is 4.79 Å². The second-order valence-electron chi connectivity index (χ2n) is 4.86. The molecular weight excluding hydrogens is 214 g/mol. The number of hydrogen-bond acceptors (Lipinski definition) is 2. The van der Waals surface area contributed by atoms with Gasteiger partial charge in [0.15, 0.2) is 0 Å². The van der Waals surface area contributed by atoms with Gasteiger partial charge in [0.2, 0.25) is 0 Å². The van der Waals surface area contributed by atoms with E-state index in [1.54, 1.807) is 0 Å². The van der Waals surface area contributed by atoms with Gasteiger partial charge < -0.3 is 10.4 Å². The number of hydrogen-bond donors (Lipinski definition) is 2. The molecule has 0 saturated carbocycles. The highest BCUT2D eigenvalue weighted by molar-refractivity contribution is 5.68. The molecule has 92 valence electrons. The van der Waals surface area contributed by atoms with E-state index < -0.39 is 5.97 Å². The van der Waals surface area contributed by atoms with E-state index in [1.165, 1.54) is 12.0 Å². The number of carboxylic acid groups (broad SMARTS) is 1. The molecule has 0 aromatic heterocycles. The maximum Gasteiger partial charge on any atom is 0.303 e. The molecular formula is C14H19NO2. The molecule has 0 radical (unpaired) electrons. The summed E-state index contributed by atoms with van der Waals surface area (Å²) in [5, 5.41) is 12.2. The summed E-state index contributed by atoms with van der Waals surface area (Å²) in [6.45, 7) is 4.09. The average Bonchev–Trinajstić information content (AvgIpc) is 2.82. The van der Waals surface area contributed by atoms with Crippen molar-refractivity contribution >= 4 is 5.97 Å². The topological polar surface area (TPSA) is 49.3 Å². The van der Waals surface area contributed by atoms with Crippen molar-refractivity contribution in [2.24, 2.45) is 0 Å². The van der Waals surface area contributed by atoms with E-state index in [9.17, 15) is 4.79 Å². The van der Waals surface area contributed by atoms with Gasteiger partial charge in [0.25, 0.3) is 0 Å². The summed E-state index contributed by atoms with van der Waals surface area (Å²) >= 11 is 0. The van der Waals surface area contributed by atoms with Gasteiger partial charge in [0.1, 0.15) is 0 Å². The average molecular weight is 233 g/mol. The maximum atomic E-state index is 10.7. The van der Waals surface area contributed by atoms with Crippen molar-refractivity contribution in [2.45, 2.75) is 31.6 Å². The molecule has 0 aliphatic carbocycles. The third-order valence-corrected chi connectivity index (χ3v) is 3.49. The zero-order chi connectivity index (χ0) is 12.3. The fraction of sp³-hybridized carbons (Fsp3) is 0.500. The van der Waals surface area contributed by atoms with Crippen molar-refractivity contribution in [1.29, 1.82) is 0 Å². The largest absolute Gasteiger partial charge is 0.481 e. The van der Waals surface area contributed by atoms with Crippen LogP contribution in [0.4, 0.5) is 0 Å². The van der Waals surface area contributed by atoms with Gasteiger partial charge in [-0.2, -0.15) is 0 Å². The Morgan fingerprint density at radius 1 is 1.59 bits per heavy atom. The van der Waals surface area contributed by atoms with E-state index in [1.807, 2.05) is 19.1 Å². The second-order valence-corrected chi connectivity index (χ2v) is 4.86. The molecule has 2 N–H and O–H groups in total. The highest BCUT2D eigenvalue weighted by Gasteiger charge is 2.18. The molecule has 3 heteroatoms. The highest BCUT2D eigenvalue weighted by atomic mass is 16.4. The molecule has 1 saturated heterocycles. The summed E-state index contributed by atoms with van der Waals surface area (Å²) in [7, 11) is 0. The van der Waals surface area contributed by atoms with Crippen molar-refractivity contribution < 1.29 is 9.90 Å². The SMILES string of the molecule is CC(CC(=O)O)c1cccc(C2CCNC2)c1. The lowest BCUT2D eigenvalue weighted by Crippen LogP contribution is -2.08. The highest BCUT2D eigenvalue weighted by Crippen LogP contribution is 2.26. The van der Waals surface area contributed by atoms with Crippen LogP contribution in [0.1, 0.15) is 42.7 Å². The molecule has 2 atom stereocenters. The summed E-state index contributed by atoms with van der Waals surface area (Å²) in [5.74, 6) is -0.0563. The third-order valence-electron chi connectivity index (χ3n) is 3.49. The number of benzene rings is 1. The lowest BCUT2D eigenvalue weighted by atomic mass is 9.91. The molecule has 2 unspecified atom stereocenters. The number of nitrogens with one attached hydrogen (secondary N) is 1. The summed E-state index contributed by atoms with van der Waals surface area (Å²) in [6.07, 6.45) is 1.38. The van der Waals surface area contributed by atoms with Crippen LogP contribution in [0.2, 0.25) is 0 Å². The monoisotopic (exact) mass is 233 g/mol. The predicted octanol–water partition coefficient (Wildman–Crippen LogP) is 2.34. The molecule has 17 heavy (non-hydrogen) atoms. The minimum Gasteiger partial charge on any atom is -0.481 e. The Labute approximate surface area is 102 Å². The van der Waals surface area contributed by atoms with Crippen LogP contribution in [-0.4, -0.2) is 24.2 Å². The van der Waals surface area contributed by atoms with Gasteiger partial charge in [-0.3, -0.25) is 4.79 Å². The molecule has 0 spiro atoms. The van der Waals surface area contributed by atoms with Gasteiger partial charge >= 0.3 is 5.97 Å². The van der Waals surface area contributed by atoms with Crippen LogP contribution >= 0.6 is 0 Å². The van der Waals surface area contributed by atoms with Crippen LogP contribution in [0, 0.1) is 0 Å². The van der Waals surface area contributed by atoms with Crippen molar-refractivity contribution in [3.05, 3.63) is 35.4 Å². The van der Waals surface area contributed by atoms with Crippen molar-refractivity contribution in [2.75, 3.05) is 13.1 Å². The Morgan fingerprint density at radius 3 is 3.06 bits per heavy atom. The smallest absolute Gasteiger partial charge is 0.303 e. The van der Waals surface area contributed by atoms with E-state index in [-0.39, 0.29) is 12.3 Å². The molecule has 0 bridgehead atoms. The zero-order valence-corrected chi connectivity index (χ0v) is 10.1. The second kappa shape index (κ2) is 5.32. The van der Waals surface area contributed by atoms with Crippen LogP contribution in [0.25, 0.3) is 0 Å². The van der Waals surface area contributed by atoms with Gasteiger partial charge in [0.05, 0.1) is 6.42 Å². The number of carbonyl (C=O) groups is 1. The fourth-order valence-corrected chi connectivity index (χ4v) is 2.44. The van der Waals surface area contributed by atoms with Gasteiger partial charge in [0, 0.05) is 6.54 Å². The van der Waals surface area contributed by atoms with Crippen LogP contribution in [0.5, 0.6) is 0 Å². The Bertz CT molecular complexity index is 397. The third kappa shape index (κ3) is 3.07. The van der Waals surface area contributed by atoms with E-state index in [2.05, 4.69) is 17.4 Å².